The van der Waals surface area contributed by atoms with Gasteiger partial charge in [0.15, 0.2) is 0 Å². The third-order valence-corrected chi connectivity index (χ3v) is 4.31. The van der Waals surface area contributed by atoms with E-state index in [1.807, 2.05) is 0 Å². The van der Waals surface area contributed by atoms with Crippen molar-refractivity contribution in [1.29, 1.82) is 0 Å². The van der Waals surface area contributed by atoms with Crippen LogP contribution in [-0.2, 0) is 12.3 Å². The van der Waals surface area contributed by atoms with Crippen LogP contribution in [0.3, 0.4) is 0 Å². The van der Waals surface area contributed by atoms with E-state index < -0.39 is 45.0 Å². The Kier molecular flexibility index (Phi) is 5.04. The molecule has 0 spiro atoms. The van der Waals surface area contributed by atoms with Gasteiger partial charge in [0, 0.05) is 0 Å². The molecule has 0 heterocycles. The van der Waals surface area contributed by atoms with Crippen molar-refractivity contribution in [2.75, 3.05) is 0 Å². The van der Waals surface area contributed by atoms with E-state index in [9.17, 15) is 18.0 Å². The molecule has 17 heavy (non-hydrogen) atoms. The molecule has 0 N–H and O–H groups in total. The van der Waals surface area contributed by atoms with Gasteiger partial charge in [0.1, 0.15) is 0 Å². The summed E-state index contributed by atoms with van der Waals surface area (Å²) < 4.78 is 43.6. The van der Waals surface area contributed by atoms with Crippen LogP contribution in [0, 0.1) is 17.5 Å². The van der Waals surface area contributed by atoms with Crippen LogP contribution in [0.15, 0.2) is 24.3 Å². The second kappa shape index (κ2) is 6.09. The van der Waals surface area contributed by atoms with Gasteiger partial charge in [-0.25, -0.2) is 0 Å². The Morgan fingerprint density at radius 2 is 1.88 bits per heavy atom. The summed E-state index contributed by atoms with van der Waals surface area (Å²) in [5.41, 5.74) is 0.293. The summed E-state index contributed by atoms with van der Waals surface area (Å²) in [4.78, 5) is 11.0. The Hall–Kier alpha value is -0.981. The van der Waals surface area contributed by atoms with Crippen LogP contribution >= 0.6 is 0 Å². The fourth-order valence-corrected chi connectivity index (χ4v) is 3.26. The molecule has 6 heteroatoms. The third-order valence-electron chi connectivity index (χ3n) is 1.87. The number of hydrogen-bond acceptors (Lipinski definition) is 2. The van der Waals surface area contributed by atoms with E-state index in [1.165, 1.54) is 6.92 Å². The van der Waals surface area contributed by atoms with Crippen molar-refractivity contribution in [3.63, 3.8) is 0 Å². The van der Waals surface area contributed by atoms with Crippen LogP contribution in [0.4, 0.5) is 13.2 Å². The van der Waals surface area contributed by atoms with Crippen molar-refractivity contribution in [2.45, 2.75) is 11.4 Å². The first-order valence-electron chi connectivity index (χ1n) is 4.64. The molecule has 1 aromatic carbocycles. The van der Waals surface area contributed by atoms with Gasteiger partial charge in [0.25, 0.3) is 0 Å². The standard InChI is InChI=1S/C7H4F3.C4H6O2.Sn/c1-4-2-6(9)7(10)3-5(4)8;1-3(2)4(5)6;/h2-3H,1H2;1H2,2H3,(H,5,6);/q;;+1/p-1. The quantitative estimate of drug-likeness (QED) is 0.474. The Labute approximate surface area is 107 Å². The van der Waals surface area contributed by atoms with Crippen LogP contribution < -0.4 is 0 Å². The molecule has 2 radical (unpaired) electrons. The van der Waals surface area contributed by atoms with Gasteiger partial charge in [-0.2, -0.15) is 0 Å². The number of hydrogen-bond donors (Lipinski definition) is 0. The van der Waals surface area contributed by atoms with E-state index in [0.717, 1.165) is 6.07 Å². The average Bonchev–Trinajstić information content (AvgIpc) is 2.25. The molecule has 0 saturated heterocycles. The number of rotatable bonds is 4. The average molecular weight is 349 g/mol. The van der Waals surface area contributed by atoms with Gasteiger partial charge < -0.3 is 0 Å². The molecule has 0 atom stereocenters. The zero-order chi connectivity index (χ0) is 13.0. The van der Waals surface area contributed by atoms with Gasteiger partial charge >= 0.3 is 107 Å². The van der Waals surface area contributed by atoms with Gasteiger partial charge in [-0.1, -0.05) is 0 Å². The van der Waals surface area contributed by atoms with Crippen molar-refractivity contribution in [3.8, 4) is 0 Å². The van der Waals surface area contributed by atoms with E-state index in [4.69, 9.17) is 3.07 Å². The summed E-state index contributed by atoms with van der Waals surface area (Å²) in [6, 6.07) is 1.28. The van der Waals surface area contributed by atoms with Crippen LogP contribution in [0.1, 0.15) is 12.5 Å². The van der Waals surface area contributed by atoms with Crippen molar-refractivity contribution in [2.24, 2.45) is 0 Å². The number of carbonyl (C=O) groups excluding carboxylic acids is 1. The first-order valence-corrected chi connectivity index (χ1v) is 7.83. The molecule has 1 aromatic rings. The van der Waals surface area contributed by atoms with Crippen molar-refractivity contribution in [1.82, 2.24) is 0 Å². The Morgan fingerprint density at radius 1 is 1.29 bits per heavy atom. The zero-order valence-electron chi connectivity index (χ0n) is 9.02. The van der Waals surface area contributed by atoms with Crippen molar-refractivity contribution in [3.05, 3.63) is 47.3 Å². The molecular weight excluding hydrogens is 340 g/mol. The fraction of sp³-hybridized carbons (Fsp3) is 0.182. The molecule has 0 aliphatic rings. The third kappa shape index (κ3) is 4.07. The van der Waals surface area contributed by atoms with Crippen LogP contribution in [0.25, 0.3) is 0 Å². The molecule has 0 bridgehead atoms. The van der Waals surface area contributed by atoms with E-state index in [2.05, 4.69) is 6.58 Å². The van der Waals surface area contributed by atoms with E-state index in [1.54, 1.807) is 0 Å². The number of carbonyl (C=O) groups is 1. The van der Waals surface area contributed by atoms with Gasteiger partial charge in [-0.15, -0.1) is 0 Å². The van der Waals surface area contributed by atoms with Crippen LogP contribution in [-0.4, -0.2) is 27.5 Å². The second-order valence-corrected chi connectivity index (χ2v) is 5.76. The normalized spacial score (nSPS) is 10.1. The predicted molar refractivity (Wildman–Crippen MR) is 56.7 cm³/mol. The first kappa shape index (κ1) is 14.1. The number of benzene rings is 1. The maximum absolute atomic E-state index is 13.2. The second-order valence-electron chi connectivity index (χ2n) is 3.35. The Balaban J connectivity index is 2.61. The maximum atomic E-state index is 13.2. The predicted octanol–water partition coefficient (Wildman–Crippen LogP) is 2.34. The minimum absolute atomic E-state index is 0.0324. The SMILES string of the molecule is C=C(C)C(=O)[O][Sn][CH2]c1cc(F)c(F)cc1F. The van der Waals surface area contributed by atoms with E-state index in [-0.39, 0.29) is 15.6 Å². The molecule has 2 nitrogen and oxygen atoms in total. The molecule has 1 rings (SSSR count). The van der Waals surface area contributed by atoms with Crippen molar-refractivity contribution < 1.29 is 21.0 Å². The number of halogens is 3. The van der Waals surface area contributed by atoms with Gasteiger partial charge in [0.2, 0.25) is 0 Å². The van der Waals surface area contributed by atoms with Crippen molar-refractivity contribution >= 4 is 27.5 Å². The zero-order valence-corrected chi connectivity index (χ0v) is 11.9. The molecule has 0 aromatic heterocycles. The molecule has 0 aliphatic heterocycles. The summed E-state index contributed by atoms with van der Waals surface area (Å²) in [6.45, 7) is 4.89. The molecule has 0 saturated carbocycles. The molecule has 90 valence electrons. The molecule has 0 amide bonds. The summed E-state index contributed by atoms with van der Waals surface area (Å²) in [5, 5.41) is 0. The summed E-state index contributed by atoms with van der Waals surface area (Å²) in [5.74, 6) is -3.68. The van der Waals surface area contributed by atoms with Crippen LogP contribution in [0.5, 0.6) is 0 Å². The molecule has 0 fully saturated rings. The monoisotopic (exact) mass is 350 g/mol. The van der Waals surface area contributed by atoms with Gasteiger partial charge in [-0.3, -0.25) is 0 Å². The summed E-state index contributed by atoms with van der Waals surface area (Å²) in [7, 11) is 0. The molecular formula is C11H9F3O2Sn. The van der Waals surface area contributed by atoms with Gasteiger partial charge in [0.05, 0.1) is 0 Å². The molecule has 0 aliphatic carbocycles. The Bertz CT molecular complexity index is 460. The Morgan fingerprint density at radius 3 is 2.47 bits per heavy atom. The first-order chi connectivity index (χ1) is 7.91. The molecule has 0 unspecified atom stereocenters. The van der Waals surface area contributed by atoms with E-state index >= 15 is 0 Å². The van der Waals surface area contributed by atoms with Crippen LogP contribution in [0.2, 0.25) is 0 Å². The van der Waals surface area contributed by atoms with Gasteiger partial charge in [-0.05, 0) is 0 Å². The topological polar surface area (TPSA) is 26.3 Å². The summed E-state index contributed by atoms with van der Waals surface area (Å²) >= 11 is -1.65. The fourth-order valence-electron chi connectivity index (χ4n) is 0.966. The summed E-state index contributed by atoms with van der Waals surface area (Å²) in [6.07, 6.45) is 0. The van der Waals surface area contributed by atoms with E-state index in [0.29, 0.717) is 6.07 Å². The minimum atomic E-state index is -1.65.